The maximum Gasteiger partial charge on any atom is 0.288 e. The molecule has 8 heteroatoms. The average Bonchev–Trinajstić information content (AvgIpc) is 3.18. The van der Waals surface area contributed by atoms with Gasteiger partial charge in [-0.25, -0.2) is 9.67 Å². The lowest BCUT2D eigenvalue weighted by atomic mass is 10.1. The Balaban J connectivity index is 1.67. The largest absolute Gasteiger partial charge is 0.363 e. The van der Waals surface area contributed by atoms with Crippen LogP contribution in [0.2, 0.25) is 0 Å². The van der Waals surface area contributed by atoms with E-state index in [4.69, 9.17) is 5.73 Å². The van der Waals surface area contributed by atoms with Crippen molar-refractivity contribution in [3.63, 3.8) is 0 Å². The van der Waals surface area contributed by atoms with E-state index >= 15 is 0 Å². The number of aromatic nitrogens is 3. The van der Waals surface area contributed by atoms with Crippen molar-refractivity contribution in [3.8, 4) is 0 Å². The fourth-order valence-corrected chi connectivity index (χ4v) is 4.15. The van der Waals surface area contributed by atoms with Crippen molar-refractivity contribution in [2.24, 2.45) is 5.73 Å². The van der Waals surface area contributed by atoms with E-state index in [2.05, 4.69) is 10.1 Å². The Morgan fingerprint density at radius 2 is 2.19 bits per heavy atom. The SMILES string of the molecule is NC(=O)c1ncn([C@@H]2CCCN(C(=O)[C@@H]3CCCS3)C2)n1. The maximum absolute atomic E-state index is 12.5. The third-order valence-electron chi connectivity index (χ3n) is 4.02. The van der Waals surface area contributed by atoms with Gasteiger partial charge in [0, 0.05) is 13.1 Å². The van der Waals surface area contributed by atoms with E-state index in [1.54, 1.807) is 16.4 Å². The highest BCUT2D eigenvalue weighted by Crippen LogP contribution is 2.30. The van der Waals surface area contributed by atoms with Crippen LogP contribution in [0.4, 0.5) is 0 Å². The van der Waals surface area contributed by atoms with E-state index in [-0.39, 0.29) is 23.0 Å². The van der Waals surface area contributed by atoms with Crippen LogP contribution in [0.1, 0.15) is 42.3 Å². The van der Waals surface area contributed by atoms with Gasteiger partial charge in [-0.3, -0.25) is 9.59 Å². The van der Waals surface area contributed by atoms with Gasteiger partial charge in [0.1, 0.15) is 6.33 Å². The molecule has 0 aromatic carbocycles. The second-order valence-corrected chi connectivity index (χ2v) is 6.81. The minimum Gasteiger partial charge on any atom is -0.363 e. The molecule has 0 radical (unpaired) electrons. The summed E-state index contributed by atoms with van der Waals surface area (Å²) in [4.78, 5) is 29.4. The number of thioether (sulfide) groups is 1. The number of hydrogen-bond donors (Lipinski definition) is 1. The van der Waals surface area contributed by atoms with Gasteiger partial charge in [0.15, 0.2) is 0 Å². The quantitative estimate of drug-likeness (QED) is 0.874. The highest BCUT2D eigenvalue weighted by atomic mass is 32.2. The molecule has 0 saturated carbocycles. The van der Waals surface area contributed by atoms with Crippen molar-refractivity contribution < 1.29 is 9.59 Å². The maximum atomic E-state index is 12.5. The summed E-state index contributed by atoms with van der Waals surface area (Å²) in [6, 6.07) is 0.0784. The van der Waals surface area contributed by atoms with Gasteiger partial charge in [0.25, 0.3) is 5.91 Å². The molecule has 3 rings (SSSR count). The zero-order chi connectivity index (χ0) is 14.8. The van der Waals surface area contributed by atoms with Crippen LogP contribution in [-0.4, -0.2) is 55.6 Å². The Kier molecular flexibility index (Phi) is 4.14. The van der Waals surface area contributed by atoms with Crippen LogP contribution < -0.4 is 5.73 Å². The summed E-state index contributed by atoms with van der Waals surface area (Å²) < 4.78 is 1.67. The van der Waals surface area contributed by atoms with Gasteiger partial charge in [-0.05, 0) is 31.4 Å². The van der Waals surface area contributed by atoms with Gasteiger partial charge in [-0.1, -0.05) is 0 Å². The van der Waals surface area contributed by atoms with Gasteiger partial charge < -0.3 is 10.6 Å². The molecular formula is C13H19N5O2S. The van der Waals surface area contributed by atoms with E-state index in [1.165, 1.54) is 6.33 Å². The number of carbonyl (C=O) groups is 2. The van der Waals surface area contributed by atoms with E-state index in [9.17, 15) is 9.59 Å². The zero-order valence-electron chi connectivity index (χ0n) is 11.8. The summed E-state index contributed by atoms with van der Waals surface area (Å²) in [6.45, 7) is 1.45. The number of carbonyl (C=O) groups excluding carboxylic acids is 2. The number of rotatable bonds is 3. The molecule has 0 bridgehead atoms. The van der Waals surface area contributed by atoms with Crippen LogP contribution >= 0.6 is 11.8 Å². The van der Waals surface area contributed by atoms with E-state index in [0.29, 0.717) is 6.54 Å². The first-order chi connectivity index (χ1) is 10.1. The van der Waals surface area contributed by atoms with Crippen molar-refractivity contribution in [1.29, 1.82) is 0 Å². The molecule has 2 amide bonds. The first kappa shape index (κ1) is 14.4. The molecule has 1 aromatic heterocycles. The van der Waals surface area contributed by atoms with Gasteiger partial charge in [0.2, 0.25) is 11.7 Å². The Morgan fingerprint density at radius 1 is 1.33 bits per heavy atom. The minimum absolute atomic E-state index is 0.0322. The molecule has 0 unspecified atom stereocenters. The van der Waals surface area contributed by atoms with Crippen LogP contribution in [-0.2, 0) is 4.79 Å². The second kappa shape index (κ2) is 6.05. The molecule has 3 heterocycles. The van der Waals surface area contributed by atoms with Crippen molar-refractivity contribution in [2.45, 2.75) is 37.0 Å². The Hall–Kier alpha value is -1.57. The summed E-state index contributed by atoms with van der Waals surface area (Å²) in [5, 5.41) is 4.24. The normalized spacial score (nSPS) is 26.0. The number of likely N-dealkylation sites (tertiary alicyclic amines) is 1. The fraction of sp³-hybridized carbons (Fsp3) is 0.692. The van der Waals surface area contributed by atoms with Crippen LogP contribution in [0.15, 0.2) is 6.33 Å². The van der Waals surface area contributed by atoms with E-state index in [1.807, 2.05) is 4.90 Å². The highest BCUT2D eigenvalue weighted by molar-refractivity contribution is 8.00. The zero-order valence-corrected chi connectivity index (χ0v) is 12.6. The number of hydrogen-bond acceptors (Lipinski definition) is 5. The third kappa shape index (κ3) is 3.04. The lowest BCUT2D eigenvalue weighted by Gasteiger charge is -2.34. The van der Waals surface area contributed by atoms with Gasteiger partial charge in [-0.2, -0.15) is 0 Å². The molecule has 2 aliphatic heterocycles. The second-order valence-electron chi connectivity index (χ2n) is 5.49. The predicted octanol–water partition coefficient (Wildman–Crippen LogP) is 0.436. The summed E-state index contributed by atoms with van der Waals surface area (Å²) in [7, 11) is 0. The van der Waals surface area contributed by atoms with Crippen LogP contribution in [0.3, 0.4) is 0 Å². The Labute approximate surface area is 127 Å². The van der Waals surface area contributed by atoms with Crippen molar-refractivity contribution >= 4 is 23.6 Å². The first-order valence-electron chi connectivity index (χ1n) is 7.26. The molecule has 21 heavy (non-hydrogen) atoms. The molecule has 7 nitrogen and oxygen atoms in total. The number of nitrogens with two attached hydrogens (primary N) is 1. The van der Waals surface area contributed by atoms with Crippen molar-refractivity contribution in [2.75, 3.05) is 18.8 Å². The standard InChI is InChI=1S/C13H19N5O2S/c14-11(19)12-15-8-18(16-12)9-3-1-5-17(7-9)13(20)10-4-2-6-21-10/h8-10H,1-7H2,(H2,14,19)/t9-,10+/m1/s1. The van der Waals surface area contributed by atoms with Crippen LogP contribution in [0.25, 0.3) is 0 Å². The molecule has 2 atom stereocenters. The molecule has 2 N–H and O–H groups in total. The molecular weight excluding hydrogens is 290 g/mol. The molecule has 1 aromatic rings. The minimum atomic E-state index is -0.625. The van der Waals surface area contributed by atoms with Crippen molar-refractivity contribution in [3.05, 3.63) is 12.2 Å². The number of piperidine rings is 1. The third-order valence-corrected chi connectivity index (χ3v) is 5.38. The molecule has 114 valence electrons. The van der Waals surface area contributed by atoms with Crippen molar-refractivity contribution in [1.82, 2.24) is 19.7 Å². The monoisotopic (exact) mass is 309 g/mol. The molecule has 0 aliphatic carbocycles. The molecule has 2 aliphatic rings. The van der Waals surface area contributed by atoms with E-state index in [0.717, 1.165) is 38.0 Å². The lowest BCUT2D eigenvalue weighted by molar-refractivity contribution is -0.132. The number of amides is 2. The van der Waals surface area contributed by atoms with Gasteiger partial charge in [-0.15, -0.1) is 16.9 Å². The average molecular weight is 309 g/mol. The number of nitrogens with zero attached hydrogens (tertiary/aromatic N) is 4. The summed E-state index contributed by atoms with van der Waals surface area (Å²) in [5.74, 6) is 0.737. The van der Waals surface area contributed by atoms with Gasteiger partial charge in [0.05, 0.1) is 11.3 Å². The Bertz CT molecular complexity index is 540. The fourth-order valence-electron chi connectivity index (χ4n) is 2.91. The van der Waals surface area contributed by atoms with Gasteiger partial charge >= 0.3 is 0 Å². The van der Waals surface area contributed by atoms with E-state index < -0.39 is 5.91 Å². The van der Waals surface area contributed by atoms with Crippen LogP contribution in [0.5, 0.6) is 0 Å². The smallest absolute Gasteiger partial charge is 0.288 e. The molecule has 2 fully saturated rings. The Morgan fingerprint density at radius 3 is 2.86 bits per heavy atom. The lowest BCUT2D eigenvalue weighted by Crippen LogP contribution is -2.44. The summed E-state index contributed by atoms with van der Waals surface area (Å²) in [5.41, 5.74) is 5.17. The first-order valence-corrected chi connectivity index (χ1v) is 8.31. The van der Waals surface area contributed by atoms with Crippen LogP contribution in [0, 0.1) is 0 Å². The molecule has 0 spiro atoms. The number of primary amides is 1. The summed E-state index contributed by atoms with van der Waals surface area (Å²) in [6.07, 6.45) is 5.52. The predicted molar refractivity (Wildman–Crippen MR) is 78.9 cm³/mol. The molecule has 2 saturated heterocycles. The summed E-state index contributed by atoms with van der Waals surface area (Å²) >= 11 is 1.76. The highest BCUT2D eigenvalue weighted by Gasteiger charge is 2.32. The topological polar surface area (TPSA) is 94.1 Å².